The fraction of sp³-hybridized carbons (Fsp3) is 0.500. The van der Waals surface area contributed by atoms with Gasteiger partial charge in [-0.1, -0.05) is 6.92 Å². The van der Waals surface area contributed by atoms with Gasteiger partial charge in [0.2, 0.25) is 0 Å². The Morgan fingerprint density at radius 3 is 2.41 bits per heavy atom. The van der Waals surface area contributed by atoms with E-state index in [1.807, 2.05) is 12.1 Å². The van der Waals surface area contributed by atoms with Gasteiger partial charge in [-0.25, -0.2) is 4.79 Å². The van der Waals surface area contributed by atoms with Crippen LogP contribution >= 0.6 is 0 Å². The molecule has 2 aliphatic rings. The van der Waals surface area contributed by atoms with Gasteiger partial charge < -0.3 is 20.3 Å². The number of urea groups is 1. The molecule has 2 saturated heterocycles. The molecule has 2 fully saturated rings. The first-order chi connectivity index (χ1) is 13.8. The van der Waals surface area contributed by atoms with Crippen molar-refractivity contribution in [2.24, 2.45) is 0 Å². The molecule has 0 bridgehead atoms. The highest BCUT2D eigenvalue weighted by atomic mass is 16.5. The third-order valence-electron chi connectivity index (χ3n) is 5.33. The van der Waals surface area contributed by atoms with Crippen molar-refractivity contribution < 1.29 is 23.9 Å². The van der Waals surface area contributed by atoms with Gasteiger partial charge in [-0.05, 0) is 50.5 Å². The number of imide groups is 1. The highest BCUT2D eigenvalue weighted by molar-refractivity contribution is 6.08. The number of esters is 1. The number of nitrogens with one attached hydrogen (secondary N) is 2. The first-order valence-corrected chi connectivity index (χ1v) is 9.77. The zero-order valence-corrected chi connectivity index (χ0v) is 16.7. The molecule has 4 amide bonds. The van der Waals surface area contributed by atoms with Crippen LogP contribution in [0.2, 0.25) is 0 Å². The maximum absolute atomic E-state index is 12.3. The summed E-state index contributed by atoms with van der Waals surface area (Å²) in [4.78, 5) is 51.2. The molecule has 0 aromatic heterocycles. The van der Waals surface area contributed by atoms with Crippen LogP contribution in [0, 0.1) is 0 Å². The number of amides is 4. The Hall–Kier alpha value is -3.10. The molecule has 1 atom stereocenters. The van der Waals surface area contributed by atoms with Gasteiger partial charge in [0.25, 0.3) is 11.8 Å². The van der Waals surface area contributed by atoms with Crippen LogP contribution in [0.1, 0.15) is 33.1 Å². The smallest absolute Gasteiger partial charge is 0.326 e. The molecule has 0 radical (unpaired) electrons. The van der Waals surface area contributed by atoms with E-state index in [1.165, 1.54) is 12.8 Å². The van der Waals surface area contributed by atoms with E-state index in [9.17, 15) is 19.2 Å². The second kappa shape index (κ2) is 8.50. The average Bonchev–Trinajstić information content (AvgIpc) is 3.31. The Bertz CT molecular complexity index is 804. The molecular weight excluding hydrogens is 376 g/mol. The number of ether oxygens (including phenoxy) is 1. The molecule has 1 aromatic carbocycles. The highest BCUT2D eigenvalue weighted by Gasteiger charge is 2.47. The molecule has 0 spiro atoms. The van der Waals surface area contributed by atoms with Gasteiger partial charge in [0.05, 0.1) is 0 Å². The number of carbonyl (C=O) groups is 4. The quantitative estimate of drug-likeness (QED) is 0.528. The van der Waals surface area contributed by atoms with Gasteiger partial charge in [0.15, 0.2) is 6.61 Å². The van der Waals surface area contributed by atoms with Crippen LogP contribution in [0.15, 0.2) is 24.3 Å². The first kappa shape index (κ1) is 20.6. The second-order valence-corrected chi connectivity index (χ2v) is 7.46. The van der Waals surface area contributed by atoms with Gasteiger partial charge in [-0.3, -0.25) is 19.3 Å². The topological polar surface area (TPSA) is 108 Å². The fourth-order valence-electron chi connectivity index (χ4n) is 3.38. The van der Waals surface area contributed by atoms with Crippen molar-refractivity contribution >= 4 is 35.2 Å². The Labute approximate surface area is 169 Å². The first-order valence-electron chi connectivity index (χ1n) is 9.77. The summed E-state index contributed by atoms with van der Waals surface area (Å²) in [5.74, 6) is -1.80. The average molecular weight is 402 g/mol. The predicted octanol–water partition coefficient (Wildman–Crippen LogP) is 1.49. The maximum atomic E-state index is 12.3. The van der Waals surface area contributed by atoms with Gasteiger partial charge in [0, 0.05) is 24.5 Å². The fourth-order valence-corrected chi connectivity index (χ4v) is 3.38. The van der Waals surface area contributed by atoms with Crippen LogP contribution in [0.25, 0.3) is 0 Å². The standard InChI is InChI=1S/C20H26N4O5/c1-3-20(2)18(27)24(19(28)22-20)12-17(26)29-13-16(25)21-14-6-8-15(9-7-14)23-10-4-5-11-23/h6-9H,3-5,10-13H2,1-2H3,(H,21,25)(H,22,28)/t20-/m0/s1. The zero-order valence-electron chi connectivity index (χ0n) is 16.7. The van der Waals surface area contributed by atoms with Crippen LogP contribution in [0.4, 0.5) is 16.2 Å². The lowest BCUT2D eigenvalue weighted by atomic mass is 9.99. The number of nitrogens with zero attached hydrogens (tertiary/aromatic N) is 2. The number of hydrogen-bond donors (Lipinski definition) is 2. The van der Waals surface area contributed by atoms with Crippen molar-refractivity contribution in [3.63, 3.8) is 0 Å². The van der Waals surface area contributed by atoms with Crippen molar-refractivity contribution in [1.29, 1.82) is 0 Å². The Morgan fingerprint density at radius 2 is 1.83 bits per heavy atom. The van der Waals surface area contributed by atoms with Gasteiger partial charge >= 0.3 is 12.0 Å². The van der Waals surface area contributed by atoms with Crippen LogP contribution in [-0.4, -0.2) is 60.5 Å². The second-order valence-electron chi connectivity index (χ2n) is 7.46. The molecule has 2 aliphatic heterocycles. The van der Waals surface area contributed by atoms with Crippen LogP contribution in [0.3, 0.4) is 0 Å². The molecule has 2 N–H and O–H groups in total. The Balaban J connectivity index is 1.45. The van der Waals surface area contributed by atoms with E-state index in [0.29, 0.717) is 12.1 Å². The van der Waals surface area contributed by atoms with E-state index in [-0.39, 0.29) is 0 Å². The molecule has 156 valence electrons. The van der Waals surface area contributed by atoms with Crippen molar-refractivity contribution in [3.8, 4) is 0 Å². The van der Waals surface area contributed by atoms with Crippen LogP contribution in [0.5, 0.6) is 0 Å². The lowest BCUT2D eigenvalue weighted by Crippen LogP contribution is -2.43. The minimum atomic E-state index is -1.02. The maximum Gasteiger partial charge on any atom is 0.326 e. The lowest BCUT2D eigenvalue weighted by molar-refractivity contribution is -0.150. The molecule has 1 aromatic rings. The van der Waals surface area contributed by atoms with Crippen molar-refractivity contribution in [3.05, 3.63) is 24.3 Å². The third kappa shape index (κ3) is 4.67. The molecule has 9 nitrogen and oxygen atoms in total. The molecular formula is C20H26N4O5. The summed E-state index contributed by atoms with van der Waals surface area (Å²) in [7, 11) is 0. The predicted molar refractivity (Wildman–Crippen MR) is 106 cm³/mol. The molecule has 3 rings (SSSR count). The van der Waals surface area contributed by atoms with E-state index in [4.69, 9.17) is 4.74 Å². The van der Waals surface area contributed by atoms with E-state index in [1.54, 1.807) is 26.0 Å². The zero-order chi connectivity index (χ0) is 21.0. The van der Waals surface area contributed by atoms with Crippen molar-refractivity contribution in [2.75, 3.05) is 36.5 Å². The molecule has 29 heavy (non-hydrogen) atoms. The summed E-state index contributed by atoms with van der Waals surface area (Å²) in [6.45, 7) is 4.41. The van der Waals surface area contributed by atoms with Gasteiger partial charge in [-0.2, -0.15) is 0 Å². The van der Waals surface area contributed by atoms with E-state index in [0.717, 1.165) is 23.7 Å². The molecule has 2 heterocycles. The number of carbonyl (C=O) groups excluding carboxylic acids is 4. The normalized spacial score (nSPS) is 21.3. The molecule has 0 aliphatic carbocycles. The van der Waals surface area contributed by atoms with E-state index >= 15 is 0 Å². The van der Waals surface area contributed by atoms with Gasteiger partial charge in [-0.15, -0.1) is 0 Å². The largest absolute Gasteiger partial charge is 0.454 e. The summed E-state index contributed by atoms with van der Waals surface area (Å²) >= 11 is 0. The van der Waals surface area contributed by atoms with E-state index < -0.39 is 42.5 Å². The van der Waals surface area contributed by atoms with Crippen molar-refractivity contribution in [1.82, 2.24) is 10.2 Å². The molecule has 0 saturated carbocycles. The monoisotopic (exact) mass is 402 g/mol. The molecule has 0 unspecified atom stereocenters. The summed E-state index contributed by atoms with van der Waals surface area (Å²) in [6, 6.07) is 6.84. The lowest BCUT2D eigenvalue weighted by Gasteiger charge is -2.19. The number of benzene rings is 1. The highest BCUT2D eigenvalue weighted by Crippen LogP contribution is 2.22. The number of rotatable bonds is 7. The summed E-state index contributed by atoms with van der Waals surface area (Å²) in [6.07, 6.45) is 2.78. The number of anilines is 2. The third-order valence-corrected chi connectivity index (χ3v) is 5.33. The van der Waals surface area contributed by atoms with E-state index in [2.05, 4.69) is 15.5 Å². The summed E-state index contributed by atoms with van der Waals surface area (Å²) in [5, 5.41) is 5.21. The van der Waals surface area contributed by atoms with Crippen molar-refractivity contribution in [2.45, 2.75) is 38.6 Å². The van der Waals surface area contributed by atoms with Crippen LogP contribution < -0.4 is 15.5 Å². The van der Waals surface area contributed by atoms with Gasteiger partial charge in [0.1, 0.15) is 12.1 Å². The Morgan fingerprint density at radius 1 is 1.17 bits per heavy atom. The number of hydrogen-bond acceptors (Lipinski definition) is 6. The summed E-state index contributed by atoms with van der Waals surface area (Å²) < 4.78 is 4.91. The minimum Gasteiger partial charge on any atom is -0.454 e. The SMILES string of the molecule is CC[C@]1(C)NC(=O)N(CC(=O)OCC(=O)Nc2ccc(N3CCCC3)cc2)C1=O. The minimum absolute atomic E-state index is 0.405. The Kier molecular flexibility index (Phi) is 6.05. The van der Waals surface area contributed by atoms with Crippen LogP contribution in [-0.2, 0) is 19.1 Å². The summed E-state index contributed by atoms with van der Waals surface area (Å²) in [5.41, 5.74) is 0.692. The molecule has 9 heteroatoms.